The highest BCUT2D eigenvalue weighted by Gasteiger charge is 2.40. The van der Waals surface area contributed by atoms with Gasteiger partial charge in [0.05, 0.1) is 47.7 Å². The standard InChI is InChI=1S/C41H88N2/c1-8-11-14-16-18-20-22-24-26-28-30-32-34-36-39-42(4,5)41(38-13-10-3)43(6,7)40-37-35-33-31-29-27-25-23-21-19-17-15-12-9-2/h41H,8-40H2,1-7H3/q+2. The monoisotopic (exact) mass is 609 g/mol. The van der Waals surface area contributed by atoms with Gasteiger partial charge in [-0.2, -0.15) is 0 Å². The highest BCUT2D eigenvalue weighted by Crippen LogP contribution is 2.25. The minimum Gasteiger partial charge on any atom is -0.280 e. The Balaban J connectivity index is 4.05. The summed E-state index contributed by atoms with van der Waals surface area (Å²) in [4.78, 5) is 0. The summed E-state index contributed by atoms with van der Waals surface area (Å²) in [6, 6.07) is 0. The van der Waals surface area contributed by atoms with Crippen molar-refractivity contribution in [2.45, 2.75) is 226 Å². The van der Waals surface area contributed by atoms with E-state index in [2.05, 4.69) is 49.0 Å². The summed E-state index contributed by atoms with van der Waals surface area (Å²) >= 11 is 0. The maximum absolute atomic E-state index is 2.55. The zero-order valence-corrected chi connectivity index (χ0v) is 31.8. The van der Waals surface area contributed by atoms with E-state index in [1.165, 1.54) is 221 Å². The van der Waals surface area contributed by atoms with Crippen LogP contribution in [0.4, 0.5) is 0 Å². The lowest BCUT2D eigenvalue weighted by Crippen LogP contribution is -2.64. The fraction of sp³-hybridized carbons (Fsp3) is 1.00. The second-order valence-corrected chi connectivity index (χ2v) is 15.8. The maximum atomic E-state index is 2.55. The summed E-state index contributed by atoms with van der Waals surface area (Å²) in [7, 11) is 10.2. The van der Waals surface area contributed by atoms with Crippen LogP contribution in [-0.2, 0) is 0 Å². The largest absolute Gasteiger partial charge is 0.280 e. The highest BCUT2D eigenvalue weighted by molar-refractivity contribution is 4.55. The molecule has 0 radical (unpaired) electrons. The maximum Gasteiger partial charge on any atom is 0.215 e. The van der Waals surface area contributed by atoms with E-state index in [9.17, 15) is 0 Å². The minimum atomic E-state index is 0.740. The van der Waals surface area contributed by atoms with E-state index < -0.39 is 0 Å². The fourth-order valence-corrected chi connectivity index (χ4v) is 7.66. The van der Waals surface area contributed by atoms with Crippen molar-refractivity contribution in [2.75, 3.05) is 41.3 Å². The van der Waals surface area contributed by atoms with Crippen molar-refractivity contribution in [2.24, 2.45) is 0 Å². The second-order valence-electron chi connectivity index (χ2n) is 15.8. The zero-order chi connectivity index (χ0) is 31.9. The Morgan fingerprint density at radius 2 is 0.488 bits per heavy atom. The van der Waals surface area contributed by atoms with E-state index in [1.54, 1.807) is 0 Å². The van der Waals surface area contributed by atoms with Crippen molar-refractivity contribution in [3.05, 3.63) is 0 Å². The first-order valence-corrected chi connectivity index (χ1v) is 20.5. The van der Waals surface area contributed by atoms with E-state index >= 15 is 0 Å². The molecule has 2 nitrogen and oxygen atoms in total. The molecule has 0 N–H and O–H groups in total. The molecule has 0 atom stereocenters. The number of quaternary nitrogens is 2. The Hall–Kier alpha value is -0.0800. The summed E-state index contributed by atoms with van der Waals surface area (Å²) in [5.41, 5.74) is 0. The Kier molecular flexibility index (Phi) is 30.5. The molecule has 0 bridgehead atoms. The third-order valence-corrected chi connectivity index (χ3v) is 10.6. The number of nitrogens with zero attached hydrogens (tertiary/aromatic N) is 2. The Bertz CT molecular complexity index is 496. The summed E-state index contributed by atoms with van der Waals surface area (Å²) < 4.78 is 2.42. The van der Waals surface area contributed by atoms with E-state index in [0.717, 1.165) is 6.17 Å². The topological polar surface area (TPSA) is 0 Å². The van der Waals surface area contributed by atoms with Crippen LogP contribution >= 0.6 is 0 Å². The van der Waals surface area contributed by atoms with E-state index in [1.807, 2.05) is 0 Å². The molecule has 0 unspecified atom stereocenters. The molecule has 0 aliphatic carbocycles. The molecule has 0 aromatic heterocycles. The number of hydrogen-bond donors (Lipinski definition) is 0. The van der Waals surface area contributed by atoms with Gasteiger partial charge in [-0.05, 0) is 32.1 Å². The van der Waals surface area contributed by atoms with Gasteiger partial charge in [-0.1, -0.05) is 181 Å². The molecule has 43 heavy (non-hydrogen) atoms. The molecular weight excluding hydrogens is 520 g/mol. The summed E-state index contributed by atoms with van der Waals surface area (Å²) in [5, 5.41) is 0. The molecule has 2 heteroatoms. The van der Waals surface area contributed by atoms with Gasteiger partial charge < -0.3 is 0 Å². The van der Waals surface area contributed by atoms with Crippen LogP contribution in [0.1, 0.15) is 220 Å². The van der Waals surface area contributed by atoms with Gasteiger partial charge in [-0.25, -0.2) is 0 Å². The predicted molar refractivity (Wildman–Crippen MR) is 198 cm³/mol. The molecule has 0 aliphatic heterocycles. The van der Waals surface area contributed by atoms with Gasteiger partial charge in [0.25, 0.3) is 0 Å². The quantitative estimate of drug-likeness (QED) is 0.0381. The molecule has 0 aromatic carbocycles. The van der Waals surface area contributed by atoms with Gasteiger partial charge >= 0.3 is 0 Å². The van der Waals surface area contributed by atoms with Crippen molar-refractivity contribution in [1.29, 1.82) is 0 Å². The third kappa shape index (κ3) is 26.8. The first kappa shape index (κ1) is 42.9. The van der Waals surface area contributed by atoms with Crippen LogP contribution in [0.5, 0.6) is 0 Å². The van der Waals surface area contributed by atoms with Crippen molar-refractivity contribution in [3.63, 3.8) is 0 Å². The highest BCUT2D eigenvalue weighted by atomic mass is 15.5. The number of rotatable bonds is 35. The summed E-state index contributed by atoms with van der Waals surface area (Å²) in [5.74, 6) is 0. The molecule has 0 fully saturated rings. The first-order chi connectivity index (χ1) is 20.8. The Labute approximate surface area is 275 Å². The van der Waals surface area contributed by atoms with Gasteiger partial charge in [0.15, 0.2) is 0 Å². The molecule has 0 aromatic rings. The number of unbranched alkanes of at least 4 members (excludes halogenated alkanes) is 27. The Morgan fingerprint density at radius 1 is 0.279 bits per heavy atom. The molecule has 0 heterocycles. The molecule has 260 valence electrons. The van der Waals surface area contributed by atoms with Crippen LogP contribution < -0.4 is 0 Å². The average Bonchev–Trinajstić information content (AvgIpc) is 2.97. The molecular formula is C41H88N2+2. The molecule has 0 rings (SSSR count). The first-order valence-electron chi connectivity index (χ1n) is 20.5. The van der Waals surface area contributed by atoms with Crippen molar-refractivity contribution in [1.82, 2.24) is 0 Å². The molecule has 0 amide bonds. The van der Waals surface area contributed by atoms with Crippen molar-refractivity contribution in [3.8, 4) is 0 Å². The average molecular weight is 609 g/mol. The van der Waals surface area contributed by atoms with Crippen LogP contribution in [0.3, 0.4) is 0 Å². The van der Waals surface area contributed by atoms with E-state index in [-0.39, 0.29) is 0 Å². The molecule has 0 saturated heterocycles. The van der Waals surface area contributed by atoms with E-state index in [0.29, 0.717) is 0 Å². The van der Waals surface area contributed by atoms with Crippen LogP contribution in [0.2, 0.25) is 0 Å². The molecule has 0 spiro atoms. The summed E-state index contributed by atoms with van der Waals surface area (Å²) in [6.45, 7) is 9.71. The van der Waals surface area contributed by atoms with Gasteiger partial charge in [0.1, 0.15) is 0 Å². The van der Waals surface area contributed by atoms with E-state index in [4.69, 9.17) is 0 Å². The lowest BCUT2D eigenvalue weighted by Gasteiger charge is -2.47. The molecule has 0 saturated carbocycles. The fourth-order valence-electron chi connectivity index (χ4n) is 7.66. The SMILES string of the molecule is CCCCCCCCCCCCCCCC[N+](C)(C)C(CCCC)[N+](C)(C)CCCCCCCCCCCCCCCC. The lowest BCUT2D eigenvalue weighted by molar-refractivity contribution is -1.10. The van der Waals surface area contributed by atoms with Gasteiger partial charge in [-0.3, -0.25) is 8.97 Å². The lowest BCUT2D eigenvalue weighted by atomic mass is 10.0. The smallest absolute Gasteiger partial charge is 0.215 e. The van der Waals surface area contributed by atoms with Crippen molar-refractivity contribution < 1.29 is 8.97 Å². The van der Waals surface area contributed by atoms with Crippen LogP contribution in [0, 0.1) is 0 Å². The van der Waals surface area contributed by atoms with Gasteiger partial charge in [0, 0.05) is 0 Å². The normalized spacial score (nSPS) is 12.6. The Morgan fingerprint density at radius 3 is 0.721 bits per heavy atom. The second kappa shape index (κ2) is 30.6. The van der Waals surface area contributed by atoms with Crippen molar-refractivity contribution >= 4 is 0 Å². The number of hydrogen-bond acceptors (Lipinski definition) is 0. The van der Waals surface area contributed by atoms with Gasteiger partial charge in [0.2, 0.25) is 6.17 Å². The minimum absolute atomic E-state index is 0.740. The van der Waals surface area contributed by atoms with Gasteiger partial charge in [-0.15, -0.1) is 0 Å². The van der Waals surface area contributed by atoms with Crippen LogP contribution in [0.15, 0.2) is 0 Å². The summed E-state index contributed by atoms with van der Waals surface area (Å²) in [6.07, 6.45) is 45.5. The van der Waals surface area contributed by atoms with Crippen LogP contribution in [0.25, 0.3) is 0 Å². The van der Waals surface area contributed by atoms with Crippen LogP contribution in [-0.4, -0.2) is 56.4 Å². The zero-order valence-electron chi connectivity index (χ0n) is 31.8. The predicted octanol–water partition coefficient (Wildman–Crippen LogP) is 13.6. The molecule has 0 aliphatic rings. The third-order valence-electron chi connectivity index (χ3n) is 10.6.